The summed E-state index contributed by atoms with van der Waals surface area (Å²) < 4.78 is 0. The van der Waals surface area contributed by atoms with Crippen molar-refractivity contribution in [2.75, 3.05) is 27.2 Å². The molecule has 0 aromatic heterocycles. The number of hydrogen-bond acceptors (Lipinski definition) is 3. The molecule has 0 saturated carbocycles. The molecule has 0 radical (unpaired) electrons. The van der Waals surface area contributed by atoms with Crippen molar-refractivity contribution in [3.05, 3.63) is 0 Å². The van der Waals surface area contributed by atoms with E-state index >= 15 is 0 Å². The van der Waals surface area contributed by atoms with E-state index in [9.17, 15) is 9.59 Å². The number of carboxylic acids is 1. The molecule has 0 aliphatic rings. The first-order valence-electron chi connectivity index (χ1n) is 6.10. The van der Waals surface area contributed by atoms with Crippen molar-refractivity contribution in [1.29, 1.82) is 0 Å². The zero-order valence-corrected chi connectivity index (χ0v) is 11.9. The monoisotopic (exact) mass is 259 g/mol. The van der Waals surface area contributed by atoms with Crippen molar-refractivity contribution in [3.8, 4) is 0 Å². The summed E-state index contributed by atoms with van der Waals surface area (Å²) in [4.78, 5) is 24.4. The van der Waals surface area contributed by atoms with Crippen LogP contribution in [0.1, 0.15) is 27.2 Å². The largest absolute Gasteiger partial charge is 0.480 e. The van der Waals surface area contributed by atoms with Crippen LogP contribution in [0.5, 0.6) is 0 Å². The van der Waals surface area contributed by atoms with E-state index in [-0.39, 0.29) is 5.41 Å². The second-order valence-electron chi connectivity index (χ2n) is 5.53. The van der Waals surface area contributed by atoms with Crippen molar-refractivity contribution in [3.63, 3.8) is 0 Å². The number of aliphatic carboxylic acids is 1. The summed E-state index contributed by atoms with van der Waals surface area (Å²) in [6.07, 6.45) is 0.365. The number of hydrogen-bond donors (Lipinski definition) is 3. The average molecular weight is 259 g/mol. The van der Waals surface area contributed by atoms with Gasteiger partial charge in [0.2, 0.25) is 0 Å². The maximum absolute atomic E-state index is 11.6. The van der Waals surface area contributed by atoms with E-state index in [0.717, 1.165) is 6.54 Å². The number of amides is 2. The topological polar surface area (TPSA) is 81.7 Å². The van der Waals surface area contributed by atoms with Crippen molar-refractivity contribution in [1.82, 2.24) is 15.5 Å². The van der Waals surface area contributed by atoms with E-state index in [1.165, 1.54) is 0 Å². The van der Waals surface area contributed by atoms with Gasteiger partial charge in [-0.1, -0.05) is 20.8 Å². The summed E-state index contributed by atoms with van der Waals surface area (Å²) in [6.45, 7) is 7.13. The van der Waals surface area contributed by atoms with Crippen LogP contribution in [0.4, 0.5) is 4.79 Å². The predicted molar refractivity (Wildman–Crippen MR) is 70.6 cm³/mol. The van der Waals surface area contributed by atoms with Crippen LogP contribution in [0.3, 0.4) is 0 Å². The molecule has 0 saturated heterocycles. The fourth-order valence-electron chi connectivity index (χ4n) is 1.78. The lowest BCUT2D eigenvalue weighted by Crippen LogP contribution is -2.49. The third-order valence-corrected chi connectivity index (χ3v) is 2.48. The molecule has 0 aliphatic carbocycles. The van der Waals surface area contributed by atoms with Gasteiger partial charge in [0, 0.05) is 13.1 Å². The molecule has 0 aromatic carbocycles. The number of nitrogens with zero attached hydrogens (tertiary/aromatic N) is 1. The molecule has 0 heterocycles. The first-order chi connectivity index (χ1) is 8.18. The van der Waals surface area contributed by atoms with E-state index in [1.54, 1.807) is 6.92 Å². The van der Waals surface area contributed by atoms with Crippen molar-refractivity contribution >= 4 is 12.0 Å². The molecule has 106 valence electrons. The van der Waals surface area contributed by atoms with E-state index in [0.29, 0.717) is 13.0 Å². The molecule has 0 aliphatic heterocycles. The first kappa shape index (κ1) is 16.7. The Morgan fingerprint density at radius 2 is 1.89 bits per heavy atom. The average Bonchev–Trinajstić information content (AvgIpc) is 2.21. The number of rotatable bonds is 7. The number of carbonyl (C=O) groups excluding carboxylic acids is 1. The second-order valence-corrected chi connectivity index (χ2v) is 5.53. The summed E-state index contributed by atoms with van der Waals surface area (Å²) in [5.41, 5.74) is -0.0637. The number of carboxylic acid groups (broad SMARTS) is 1. The summed E-state index contributed by atoms with van der Waals surface area (Å²) in [5, 5.41) is 14.0. The molecule has 3 N–H and O–H groups in total. The van der Waals surface area contributed by atoms with Crippen molar-refractivity contribution in [2.45, 2.75) is 33.2 Å². The minimum Gasteiger partial charge on any atom is -0.480 e. The minimum atomic E-state index is -1.01. The van der Waals surface area contributed by atoms with Gasteiger partial charge in [-0.25, -0.2) is 9.59 Å². The van der Waals surface area contributed by atoms with Gasteiger partial charge in [0.25, 0.3) is 0 Å². The zero-order chi connectivity index (χ0) is 14.3. The lowest BCUT2D eigenvalue weighted by molar-refractivity contribution is -0.139. The smallest absolute Gasteiger partial charge is 0.326 e. The second kappa shape index (κ2) is 7.20. The fourth-order valence-corrected chi connectivity index (χ4v) is 1.78. The summed E-state index contributed by atoms with van der Waals surface area (Å²) in [6, 6.07) is -1.27. The molecule has 6 heteroatoms. The van der Waals surface area contributed by atoms with Gasteiger partial charge in [0.15, 0.2) is 0 Å². The molecule has 1 atom stereocenters. The first-order valence-corrected chi connectivity index (χ1v) is 6.10. The van der Waals surface area contributed by atoms with Gasteiger partial charge in [-0.3, -0.25) is 0 Å². The van der Waals surface area contributed by atoms with Crippen LogP contribution in [0.25, 0.3) is 0 Å². The lowest BCUT2D eigenvalue weighted by Gasteiger charge is -2.28. The van der Waals surface area contributed by atoms with Crippen LogP contribution in [0.2, 0.25) is 0 Å². The van der Waals surface area contributed by atoms with Gasteiger partial charge >= 0.3 is 12.0 Å². The highest BCUT2D eigenvalue weighted by molar-refractivity contribution is 5.82. The molecule has 6 nitrogen and oxygen atoms in total. The van der Waals surface area contributed by atoms with E-state index in [1.807, 2.05) is 32.8 Å². The Bertz CT molecular complexity index is 290. The van der Waals surface area contributed by atoms with Gasteiger partial charge in [-0.05, 0) is 25.9 Å². The molecule has 0 fully saturated rings. The Morgan fingerprint density at radius 1 is 1.33 bits per heavy atom. The van der Waals surface area contributed by atoms with Crippen LogP contribution in [0, 0.1) is 5.41 Å². The Hall–Kier alpha value is -1.30. The quantitative estimate of drug-likeness (QED) is 0.630. The summed E-state index contributed by atoms with van der Waals surface area (Å²) in [5.74, 6) is -1.01. The molecule has 0 unspecified atom stereocenters. The van der Waals surface area contributed by atoms with Gasteiger partial charge in [-0.2, -0.15) is 0 Å². The third-order valence-electron chi connectivity index (χ3n) is 2.48. The van der Waals surface area contributed by atoms with Gasteiger partial charge < -0.3 is 20.6 Å². The fraction of sp³-hybridized carbons (Fsp3) is 0.833. The highest BCUT2D eigenvalue weighted by Gasteiger charge is 2.22. The summed E-state index contributed by atoms with van der Waals surface area (Å²) in [7, 11) is 3.94. The number of urea groups is 1. The molecule has 18 heavy (non-hydrogen) atoms. The maximum atomic E-state index is 11.6. The molecule has 0 bridgehead atoms. The zero-order valence-electron chi connectivity index (χ0n) is 11.9. The van der Waals surface area contributed by atoms with Crippen LogP contribution < -0.4 is 10.6 Å². The van der Waals surface area contributed by atoms with Crippen LogP contribution in [0.15, 0.2) is 0 Å². The highest BCUT2D eigenvalue weighted by Crippen LogP contribution is 2.13. The Morgan fingerprint density at radius 3 is 2.28 bits per heavy atom. The molecule has 0 rings (SSSR count). The Balaban J connectivity index is 4.14. The van der Waals surface area contributed by atoms with Crippen molar-refractivity contribution < 1.29 is 14.7 Å². The Labute approximate surface area is 109 Å². The van der Waals surface area contributed by atoms with E-state index in [4.69, 9.17) is 5.11 Å². The maximum Gasteiger partial charge on any atom is 0.326 e. The molecule has 2 amide bonds. The standard InChI is InChI=1S/C12H25N3O3/c1-6-9(10(16)17)14-11(18)13-7-12(2,3)8-15(4)5/h9H,6-8H2,1-5H3,(H,16,17)(H2,13,14,18)/t9-/m0/s1. The number of carbonyl (C=O) groups is 2. The summed E-state index contributed by atoms with van der Waals surface area (Å²) >= 11 is 0. The van der Waals surface area contributed by atoms with E-state index in [2.05, 4.69) is 10.6 Å². The van der Waals surface area contributed by atoms with Crippen molar-refractivity contribution in [2.24, 2.45) is 5.41 Å². The lowest BCUT2D eigenvalue weighted by atomic mass is 9.93. The molecular formula is C12H25N3O3. The molecular weight excluding hydrogens is 234 g/mol. The van der Waals surface area contributed by atoms with Gasteiger partial charge in [0.05, 0.1) is 0 Å². The van der Waals surface area contributed by atoms with E-state index < -0.39 is 18.0 Å². The van der Waals surface area contributed by atoms with Gasteiger partial charge in [-0.15, -0.1) is 0 Å². The van der Waals surface area contributed by atoms with Crippen LogP contribution >= 0.6 is 0 Å². The number of nitrogens with one attached hydrogen (secondary N) is 2. The predicted octanol–water partition coefficient (Wildman–Crippen LogP) is 0.737. The normalized spacial score (nSPS) is 13.2. The molecule has 0 aromatic rings. The molecule has 0 spiro atoms. The van der Waals surface area contributed by atoms with Crippen LogP contribution in [-0.2, 0) is 4.79 Å². The van der Waals surface area contributed by atoms with Gasteiger partial charge in [0.1, 0.15) is 6.04 Å². The SMILES string of the molecule is CC[C@H](NC(=O)NCC(C)(C)CN(C)C)C(=O)O. The Kier molecular flexibility index (Phi) is 6.68. The minimum absolute atomic E-state index is 0.0637. The highest BCUT2D eigenvalue weighted by atomic mass is 16.4. The third kappa shape index (κ3) is 7.11. The van der Waals surface area contributed by atoms with Crippen LogP contribution in [-0.4, -0.2) is 55.2 Å².